The van der Waals surface area contributed by atoms with Gasteiger partial charge in [-0.15, -0.1) is 0 Å². The Balaban J connectivity index is 1.97. The number of rotatable bonds is 4. The smallest absolute Gasteiger partial charge is 0.243 e. The maximum Gasteiger partial charge on any atom is 0.243 e. The second-order valence-corrected chi connectivity index (χ2v) is 6.18. The third kappa shape index (κ3) is 3.31. The fourth-order valence-corrected chi connectivity index (χ4v) is 2.69. The molecule has 1 heterocycles. The van der Waals surface area contributed by atoms with Gasteiger partial charge in [-0.3, -0.25) is 0 Å². The number of aromatic nitrogens is 2. The Morgan fingerprint density at radius 1 is 1.28 bits per heavy atom. The van der Waals surface area contributed by atoms with Crippen LogP contribution in [0.4, 0.5) is 0 Å². The van der Waals surface area contributed by atoms with Gasteiger partial charge in [-0.2, -0.15) is 4.98 Å². The van der Waals surface area contributed by atoms with Gasteiger partial charge in [0.1, 0.15) is 0 Å². The zero-order valence-electron chi connectivity index (χ0n) is 11.7. The van der Waals surface area contributed by atoms with Gasteiger partial charge in [0.25, 0.3) is 0 Å². The predicted octanol–water partition coefficient (Wildman–Crippen LogP) is 3.41. The van der Waals surface area contributed by atoms with Crippen LogP contribution in [0, 0.1) is 11.8 Å². The molecule has 0 aliphatic heterocycles. The maximum absolute atomic E-state index is 6.06. The zero-order chi connectivity index (χ0) is 13.1. The molecule has 4 nitrogen and oxygen atoms in total. The van der Waals surface area contributed by atoms with E-state index in [9.17, 15) is 0 Å². The SMILES string of the molecule is CC(C)C[C@@H](N)c1nc(C2CCC(C)CC2)no1. The quantitative estimate of drug-likeness (QED) is 0.890. The molecule has 1 atom stereocenters. The van der Waals surface area contributed by atoms with Crippen molar-refractivity contribution in [1.29, 1.82) is 0 Å². The van der Waals surface area contributed by atoms with E-state index in [1.54, 1.807) is 0 Å². The second kappa shape index (κ2) is 5.83. The molecule has 1 fully saturated rings. The van der Waals surface area contributed by atoms with Gasteiger partial charge in [0.15, 0.2) is 5.82 Å². The maximum atomic E-state index is 6.06. The minimum atomic E-state index is -0.117. The van der Waals surface area contributed by atoms with Crippen LogP contribution in [-0.2, 0) is 0 Å². The lowest BCUT2D eigenvalue weighted by Gasteiger charge is -2.23. The van der Waals surface area contributed by atoms with Crippen molar-refractivity contribution in [1.82, 2.24) is 10.1 Å². The van der Waals surface area contributed by atoms with Crippen LogP contribution in [0.25, 0.3) is 0 Å². The molecule has 18 heavy (non-hydrogen) atoms. The number of hydrogen-bond acceptors (Lipinski definition) is 4. The van der Waals surface area contributed by atoms with Crippen molar-refractivity contribution in [3.63, 3.8) is 0 Å². The van der Waals surface area contributed by atoms with Crippen molar-refractivity contribution in [2.45, 2.75) is 64.8 Å². The van der Waals surface area contributed by atoms with E-state index >= 15 is 0 Å². The van der Waals surface area contributed by atoms with Crippen molar-refractivity contribution in [3.05, 3.63) is 11.7 Å². The molecule has 1 aromatic heterocycles. The normalized spacial score (nSPS) is 26.5. The Morgan fingerprint density at radius 3 is 2.56 bits per heavy atom. The summed E-state index contributed by atoms with van der Waals surface area (Å²) in [5.41, 5.74) is 6.06. The van der Waals surface area contributed by atoms with Gasteiger partial charge >= 0.3 is 0 Å². The molecule has 0 radical (unpaired) electrons. The van der Waals surface area contributed by atoms with Gasteiger partial charge in [0.2, 0.25) is 5.89 Å². The van der Waals surface area contributed by atoms with E-state index in [0.717, 1.165) is 18.2 Å². The summed E-state index contributed by atoms with van der Waals surface area (Å²) in [7, 11) is 0. The molecular formula is C14H25N3O. The highest BCUT2D eigenvalue weighted by Crippen LogP contribution is 2.34. The van der Waals surface area contributed by atoms with Crippen LogP contribution < -0.4 is 5.73 Å². The van der Waals surface area contributed by atoms with Crippen LogP contribution in [0.1, 0.15) is 76.6 Å². The van der Waals surface area contributed by atoms with Gasteiger partial charge in [-0.1, -0.05) is 38.8 Å². The summed E-state index contributed by atoms with van der Waals surface area (Å²) in [5, 5.41) is 4.13. The largest absolute Gasteiger partial charge is 0.338 e. The predicted molar refractivity (Wildman–Crippen MR) is 71.1 cm³/mol. The molecule has 0 unspecified atom stereocenters. The van der Waals surface area contributed by atoms with E-state index in [0.29, 0.717) is 17.7 Å². The molecule has 1 aliphatic carbocycles. The summed E-state index contributed by atoms with van der Waals surface area (Å²) in [6, 6.07) is -0.117. The van der Waals surface area contributed by atoms with Crippen molar-refractivity contribution in [2.75, 3.05) is 0 Å². The molecule has 1 saturated carbocycles. The van der Waals surface area contributed by atoms with Crippen molar-refractivity contribution < 1.29 is 4.52 Å². The molecule has 1 aromatic rings. The highest BCUT2D eigenvalue weighted by Gasteiger charge is 2.25. The molecule has 102 valence electrons. The van der Waals surface area contributed by atoms with Crippen LogP contribution in [0.2, 0.25) is 0 Å². The molecule has 0 spiro atoms. The van der Waals surface area contributed by atoms with Crippen LogP contribution in [0.5, 0.6) is 0 Å². The lowest BCUT2D eigenvalue weighted by molar-refractivity contribution is 0.313. The van der Waals surface area contributed by atoms with Crippen molar-refractivity contribution >= 4 is 0 Å². The summed E-state index contributed by atoms with van der Waals surface area (Å²) < 4.78 is 5.32. The first kappa shape index (κ1) is 13.5. The van der Waals surface area contributed by atoms with E-state index < -0.39 is 0 Å². The summed E-state index contributed by atoms with van der Waals surface area (Å²) in [6.45, 7) is 6.62. The molecule has 0 amide bonds. The summed E-state index contributed by atoms with van der Waals surface area (Å²) >= 11 is 0. The molecule has 0 saturated heterocycles. The molecule has 2 rings (SSSR count). The van der Waals surface area contributed by atoms with Gasteiger partial charge < -0.3 is 10.3 Å². The van der Waals surface area contributed by atoms with E-state index in [-0.39, 0.29) is 6.04 Å². The van der Waals surface area contributed by atoms with Crippen LogP contribution in [0.3, 0.4) is 0 Å². The van der Waals surface area contributed by atoms with Gasteiger partial charge in [0.05, 0.1) is 6.04 Å². The molecule has 1 aliphatic rings. The van der Waals surface area contributed by atoms with Crippen LogP contribution in [0.15, 0.2) is 4.52 Å². The molecule has 0 bridgehead atoms. The van der Waals surface area contributed by atoms with Gasteiger partial charge in [-0.05, 0) is 31.1 Å². The Morgan fingerprint density at radius 2 is 1.94 bits per heavy atom. The van der Waals surface area contributed by atoms with Crippen molar-refractivity contribution in [2.24, 2.45) is 17.6 Å². The number of nitrogens with two attached hydrogens (primary N) is 1. The molecule has 4 heteroatoms. The Hall–Kier alpha value is -0.900. The topological polar surface area (TPSA) is 64.9 Å². The first-order valence-corrected chi connectivity index (χ1v) is 7.15. The fourth-order valence-electron chi connectivity index (χ4n) is 2.69. The minimum absolute atomic E-state index is 0.117. The summed E-state index contributed by atoms with van der Waals surface area (Å²) in [6.07, 6.45) is 5.79. The minimum Gasteiger partial charge on any atom is -0.338 e. The van der Waals surface area contributed by atoms with E-state index in [2.05, 4.69) is 30.9 Å². The Labute approximate surface area is 109 Å². The molecular weight excluding hydrogens is 226 g/mol. The van der Waals surface area contributed by atoms with E-state index in [1.165, 1.54) is 25.7 Å². The monoisotopic (exact) mass is 251 g/mol. The highest BCUT2D eigenvalue weighted by atomic mass is 16.5. The zero-order valence-corrected chi connectivity index (χ0v) is 11.7. The number of nitrogens with zero attached hydrogens (tertiary/aromatic N) is 2. The Bertz CT molecular complexity index is 367. The third-order valence-electron chi connectivity index (χ3n) is 3.88. The van der Waals surface area contributed by atoms with Crippen LogP contribution in [-0.4, -0.2) is 10.1 Å². The lowest BCUT2D eigenvalue weighted by atomic mass is 9.83. The van der Waals surface area contributed by atoms with Gasteiger partial charge in [0, 0.05) is 5.92 Å². The Kier molecular flexibility index (Phi) is 4.38. The fraction of sp³-hybridized carbons (Fsp3) is 0.857. The molecule has 0 aromatic carbocycles. The van der Waals surface area contributed by atoms with E-state index in [1.807, 2.05) is 0 Å². The average Bonchev–Trinajstić information content (AvgIpc) is 2.78. The summed E-state index contributed by atoms with van der Waals surface area (Å²) in [5.74, 6) is 3.35. The van der Waals surface area contributed by atoms with Crippen molar-refractivity contribution in [3.8, 4) is 0 Å². The summed E-state index contributed by atoms with van der Waals surface area (Å²) in [4.78, 5) is 4.51. The lowest BCUT2D eigenvalue weighted by Crippen LogP contribution is -2.14. The highest BCUT2D eigenvalue weighted by molar-refractivity contribution is 4.99. The number of hydrogen-bond donors (Lipinski definition) is 1. The molecule has 2 N–H and O–H groups in total. The first-order valence-electron chi connectivity index (χ1n) is 7.15. The second-order valence-electron chi connectivity index (χ2n) is 6.18. The standard InChI is InChI=1S/C14H25N3O/c1-9(2)8-12(15)14-16-13(17-18-14)11-6-4-10(3)5-7-11/h9-12H,4-8,15H2,1-3H3/t10?,11?,12-/m1/s1. The first-order chi connectivity index (χ1) is 8.56. The van der Waals surface area contributed by atoms with Crippen LogP contribution >= 0.6 is 0 Å². The third-order valence-corrected chi connectivity index (χ3v) is 3.88. The average molecular weight is 251 g/mol. The van der Waals surface area contributed by atoms with E-state index in [4.69, 9.17) is 10.3 Å². The van der Waals surface area contributed by atoms with Gasteiger partial charge in [-0.25, -0.2) is 0 Å².